The Morgan fingerprint density at radius 2 is 1.95 bits per heavy atom. The molecule has 0 aromatic heterocycles. The SMILES string of the molecule is CC(Sc1ccc(Br)cc1)C(=O)NCC1(C)CCNCC1.Cl. The van der Waals surface area contributed by atoms with Gasteiger partial charge in [-0.05, 0) is 62.5 Å². The first-order valence-corrected chi connectivity index (χ1v) is 9.06. The minimum Gasteiger partial charge on any atom is -0.355 e. The van der Waals surface area contributed by atoms with Crippen molar-refractivity contribution in [3.05, 3.63) is 28.7 Å². The van der Waals surface area contributed by atoms with Gasteiger partial charge < -0.3 is 10.6 Å². The zero-order valence-corrected chi connectivity index (χ0v) is 16.2. The third-order valence-electron chi connectivity index (χ3n) is 4.00. The van der Waals surface area contributed by atoms with Gasteiger partial charge in [-0.2, -0.15) is 0 Å². The molecule has 6 heteroatoms. The topological polar surface area (TPSA) is 41.1 Å². The number of carbonyl (C=O) groups is 1. The summed E-state index contributed by atoms with van der Waals surface area (Å²) in [5.74, 6) is 0.127. The molecule has 3 nitrogen and oxygen atoms in total. The number of hydrogen-bond acceptors (Lipinski definition) is 3. The van der Waals surface area contributed by atoms with Crippen molar-refractivity contribution in [2.24, 2.45) is 5.41 Å². The van der Waals surface area contributed by atoms with Crippen LogP contribution in [0.1, 0.15) is 26.7 Å². The van der Waals surface area contributed by atoms with Crippen molar-refractivity contribution in [3.63, 3.8) is 0 Å². The Morgan fingerprint density at radius 3 is 2.55 bits per heavy atom. The minimum absolute atomic E-state index is 0. The van der Waals surface area contributed by atoms with Crippen LogP contribution < -0.4 is 10.6 Å². The van der Waals surface area contributed by atoms with Crippen LogP contribution in [0.25, 0.3) is 0 Å². The molecule has 1 unspecified atom stereocenters. The number of piperidine rings is 1. The molecule has 2 N–H and O–H groups in total. The summed E-state index contributed by atoms with van der Waals surface area (Å²) in [6.07, 6.45) is 2.25. The minimum atomic E-state index is -0.0727. The number of rotatable bonds is 5. The molecule has 1 atom stereocenters. The fraction of sp³-hybridized carbons (Fsp3) is 0.562. The molecule has 22 heavy (non-hydrogen) atoms. The van der Waals surface area contributed by atoms with Gasteiger partial charge in [0.05, 0.1) is 5.25 Å². The molecule has 1 aromatic carbocycles. The second-order valence-electron chi connectivity index (χ2n) is 5.99. The predicted molar refractivity (Wildman–Crippen MR) is 99.9 cm³/mol. The molecule has 124 valence electrons. The van der Waals surface area contributed by atoms with Crippen LogP contribution in [0.15, 0.2) is 33.6 Å². The molecule has 0 spiro atoms. The Morgan fingerprint density at radius 1 is 1.36 bits per heavy atom. The Bertz CT molecular complexity index is 478. The second kappa shape index (κ2) is 9.16. The maximum atomic E-state index is 12.2. The second-order valence-corrected chi connectivity index (χ2v) is 8.32. The van der Waals surface area contributed by atoms with E-state index in [2.05, 4.69) is 33.5 Å². The molecular formula is C16H24BrClN2OS. The van der Waals surface area contributed by atoms with Gasteiger partial charge >= 0.3 is 0 Å². The summed E-state index contributed by atoms with van der Waals surface area (Å²) < 4.78 is 1.06. The summed E-state index contributed by atoms with van der Waals surface area (Å²) in [6, 6.07) is 8.07. The van der Waals surface area contributed by atoms with Crippen LogP contribution in [-0.4, -0.2) is 30.8 Å². The molecule has 1 fully saturated rings. The average Bonchev–Trinajstić information content (AvgIpc) is 2.48. The van der Waals surface area contributed by atoms with Crippen molar-refractivity contribution in [1.29, 1.82) is 0 Å². The zero-order valence-electron chi connectivity index (χ0n) is 13.0. The number of halogens is 2. The van der Waals surface area contributed by atoms with E-state index in [0.717, 1.165) is 41.8 Å². The standard InChI is InChI=1S/C16H23BrN2OS.ClH/c1-12(21-14-5-3-13(17)4-6-14)15(20)19-11-16(2)7-9-18-10-8-16;/h3-6,12,18H,7-11H2,1-2H3,(H,19,20);1H. The summed E-state index contributed by atoms with van der Waals surface area (Å²) in [7, 11) is 0. The third-order valence-corrected chi connectivity index (χ3v) is 5.64. The zero-order chi connectivity index (χ0) is 15.3. The summed E-state index contributed by atoms with van der Waals surface area (Å²) in [4.78, 5) is 13.4. The quantitative estimate of drug-likeness (QED) is 0.728. The van der Waals surface area contributed by atoms with Crippen molar-refractivity contribution in [2.45, 2.75) is 36.8 Å². The third kappa shape index (κ3) is 6.11. The van der Waals surface area contributed by atoms with Gasteiger partial charge in [-0.3, -0.25) is 4.79 Å². The molecule has 1 aromatic rings. The number of thioether (sulfide) groups is 1. The maximum Gasteiger partial charge on any atom is 0.233 e. The molecule has 0 saturated carbocycles. The van der Waals surface area contributed by atoms with Crippen molar-refractivity contribution in [2.75, 3.05) is 19.6 Å². The van der Waals surface area contributed by atoms with E-state index in [0.29, 0.717) is 0 Å². The number of nitrogens with one attached hydrogen (secondary N) is 2. The van der Waals surface area contributed by atoms with Crippen LogP contribution in [-0.2, 0) is 4.79 Å². The first-order valence-electron chi connectivity index (χ1n) is 7.39. The summed E-state index contributed by atoms with van der Waals surface area (Å²) in [5.41, 5.74) is 0.239. The Labute approximate surface area is 151 Å². The fourth-order valence-corrected chi connectivity index (χ4v) is 3.58. The van der Waals surface area contributed by atoms with E-state index in [1.165, 1.54) is 0 Å². The van der Waals surface area contributed by atoms with Crippen LogP contribution in [0.5, 0.6) is 0 Å². The highest BCUT2D eigenvalue weighted by Gasteiger charge is 2.27. The molecule has 1 aliphatic heterocycles. The van der Waals surface area contributed by atoms with E-state index < -0.39 is 0 Å². The Balaban J connectivity index is 0.00000242. The molecule has 0 bridgehead atoms. The van der Waals surface area contributed by atoms with Crippen LogP contribution in [0.2, 0.25) is 0 Å². The molecule has 1 heterocycles. The Kier molecular flexibility index (Phi) is 8.25. The van der Waals surface area contributed by atoms with Crippen molar-refractivity contribution in [1.82, 2.24) is 10.6 Å². The molecule has 1 amide bonds. The highest BCUT2D eigenvalue weighted by molar-refractivity contribution is 9.10. The molecule has 0 aliphatic carbocycles. The van der Waals surface area contributed by atoms with Crippen LogP contribution in [0, 0.1) is 5.41 Å². The summed E-state index contributed by atoms with van der Waals surface area (Å²) in [5, 5.41) is 6.42. The molecule has 2 rings (SSSR count). The lowest BCUT2D eigenvalue weighted by Gasteiger charge is -2.34. The first kappa shape index (κ1) is 19.8. The van der Waals surface area contributed by atoms with E-state index in [-0.39, 0.29) is 29.0 Å². The molecule has 1 saturated heterocycles. The average molecular weight is 408 g/mol. The lowest BCUT2D eigenvalue weighted by Crippen LogP contribution is -2.44. The van der Waals surface area contributed by atoms with Gasteiger partial charge in [-0.25, -0.2) is 0 Å². The van der Waals surface area contributed by atoms with Crippen molar-refractivity contribution in [3.8, 4) is 0 Å². The van der Waals surface area contributed by atoms with Gasteiger partial charge in [-0.15, -0.1) is 24.2 Å². The highest BCUT2D eigenvalue weighted by atomic mass is 79.9. The molecule has 0 radical (unpaired) electrons. The van der Waals surface area contributed by atoms with Gasteiger partial charge in [0.1, 0.15) is 0 Å². The Hall–Kier alpha value is -0.230. The van der Waals surface area contributed by atoms with Crippen LogP contribution in [0.4, 0.5) is 0 Å². The lowest BCUT2D eigenvalue weighted by molar-refractivity contribution is -0.120. The largest absolute Gasteiger partial charge is 0.355 e. The number of amides is 1. The smallest absolute Gasteiger partial charge is 0.233 e. The van der Waals surface area contributed by atoms with Gasteiger partial charge in [0, 0.05) is 15.9 Å². The van der Waals surface area contributed by atoms with E-state index in [4.69, 9.17) is 0 Å². The van der Waals surface area contributed by atoms with E-state index in [1.54, 1.807) is 11.8 Å². The molecular weight excluding hydrogens is 384 g/mol. The van der Waals surface area contributed by atoms with E-state index >= 15 is 0 Å². The fourth-order valence-electron chi connectivity index (χ4n) is 2.42. The van der Waals surface area contributed by atoms with Gasteiger partial charge in [0.25, 0.3) is 0 Å². The number of benzene rings is 1. The van der Waals surface area contributed by atoms with Crippen molar-refractivity contribution < 1.29 is 4.79 Å². The summed E-state index contributed by atoms with van der Waals surface area (Å²) in [6.45, 7) is 7.11. The van der Waals surface area contributed by atoms with E-state index in [1.807, 2.05) is 31.2 Å². The lowest BCUT2D eigenvalue weighted by atomic mass is 9.81. The number of hydrogen-bond donors (Lipinski definition) is 2. The highest BCUT2D eigenvalue weighted by Crippen LogP contribution is 2.28. The molecule has 1 aliphatic rings. The van der Waals surface area contributed by atoms with Gasteiger partial charge in [0.15, 0.2) is 0 Å². The summed E-state index contributed by atoms with van der Waals surface area (Å²) >= 11 is 5.02. The van der Waals surface area contributed by atoms with Gasteiger partial charge in [0.2, 0.25) is 5.91 Å². The predicted octanol–water partition coefficient (Wildman–Crippen LogP) is 3.86. The monoisotopic (exact) mass is 406 g/mol. The van der Waals surface area contributed by atoms with E-state index in [9.17, 15) is 4.79 Å². The van der Waals surface area contributed by atoms with Crippen molar-refractivity contribution >= 4 is 46.0 Å². The van der Waals surface area contributed by atoms with Crippen LogP contribution >= 0.6 is 40.1 Å². The number of carbonyl (C=O) groups excluding carboxylic acids is 1. The maximum absolute atomic E-state index is 12.2. The normalized spacial score (nSPS) is 18.1. The van der Waals surface area contributed by atoms with Crippen LogP contribution in [0.3, 0.4) is 0 Å². The first-order chi connectivity index (χ1) is 9.98. The van der Waals surface area contributed by atoms with Gasteiger partial charge in [-0.1, -0.05) is 22.9 Å².